The zero-order valence-corrected chi connectivity index (χ0v) is 12.1. The first-order chi connectivity index (χ1) is 9.13. The molecule has 0 unspecified atom stereocenters. The molecule has 4 aliphatic carbocycles. The van der Waals surface area contributed by atoms with Crippen LogP contribution in [0.15, 0.2) is 34.8 Å². The standard InChI is InChI=1S/C16H15BrO2/c17-14-8-13-4-2-10-1-3-11(15(18)7-10)5-6-12(14)9-16(13)19/h1,3,7-9,18-19H,2,4-6H2. The molecule has 0 aliphatic heterocycles. The topological polar surface area (TPSA) is 40.5 Å². The highest BCUT2D eigenvalue weighted by Gasteiger charge is 2.12. The van der Waals surface area contributed by atoms with Crippen molar-refractivity contribution in [1.29, 1.82) is 0 Å². The molecular weight excluding hydrogens is 304 g/mol. The van der Waals surface area contributed by atoms with Crippen LogP contribution in [0.25, 0.3) is 0 Å². The van der Waals surface area contributed by atoms with E-state index in [1.807, 2.05) is 24.3 Å². The highest BCUT2D eigenvalue weighted by Crippen LogP contribution is 2.31. The van der Waals surface area contributed by atoms with Crippen LogP contribution in [-0.2, 0) is 25.7 Å². The van der Waals surface area contributed by atoms with E-state index in [1.54, 1.807) is 0 Å². The maximum absolute atomic E-state index is 10.1. The lowest BCUT2D eigenvalue weighted by atomic mass is 9.95. The van der Waals surface area contributed by atoms with Crippen molar-refractivity contribution in [2.45, 2.75) is 25.7 Å². The number of rotatable bonds is 0. The summed E-state index contributed by atoms with van der Waals surface area (Å²) in [4.78, 5) is 0. The SMILES string of the molecule is Oc1cc2c(Br)cc1CCc1ccc(c(O)c1)CC2. The van der Waals surface area contributed by atoms with Gasteiger partial charge in [0.15, 0.2) is 0 Å². The fourth-order valence-electron chi connectivity index (χ4n) is 2.56. The lowest BCUT2D eigenvalue weighted by Gasteiger charge is -2.14. The Morgan fingerprint density at radius 1 is 0.737 bits per heavy atom. The number of benzene rings is 2. The van der Waals surface area contributed by atoms with E-state index < -0.39 is 0 Å². The maximum atomic E-state index is 10.1. The molecule has 0 saturated heterocycles. The van der Waals surface area contributed by atoms with Gasteiger partial charge >= 0.3 is 0 Å². The Bertz CT molecular complexity index is 635. The van der Waals surface area contributed by atoms with Crippen LogP contribution in [0.1, 0.15) is 22.3 Å². The minimum Gasteiger partial charge on any atom is -0.508 e. The highest BCUT2D eigenvalue weighted by molar-refractivity contribution is 9.10. The first kappa shape index (κ1) is 12.5. The van der Waals surface area contributed by atoms with E-state index in [1.165, 1.54) is 0 Å². The lowest BCUT2D eigenvalue weighted by Crippen LogP contribution is -2.00. The first-order valence-corrected chi connectivity index (χ1v) is 7.24. The number of phenolic OH excluding ortho intramolecular Hbond substituents is 2. The Balaban J connectivity index is 2.07. The van der Waals surface area contributed by atoms with Crippen LogP contribution >= 0.6 is 15.9 Å². The molecule has 2 aromatic carbocycles. The average Bonchev–Trinajstić information content (AvgIpc) is 2.37. The Labute approximate surface area is 120 Å². The zero-order valence-electron chi connectivity index (χ0n) is 10.5. The minimum absolute atomic E-state index is 0.373. The Morgan fingerprint density at radius 2 is 1.42 bits per heavy atom. The molecule has 2 N–H and O–H groups in total. The second-order valence-corrected chi connectivity index (χ2v) is 5.89. The molecule has 6 rings (SSSR count). The summed E-state index contributed by atoms with van der Waals surface area (Å²) in [5.41, 5.74) is 4.08. The summed E-state index contributed by atoms with van der Waals surface area (Å²) >= 11 is 3.57. The van der Waals surface area contributed by atoms with Crippen LogP contribution in [0.3, 0.4) is 0 Å². The van der Waals surface area contributed by atoms with Crippen molar-refractivity contribution in [1.82, 2.24) is 0 Å². The predicted molar refractivity (Wildman–Crippen MR) is 78.7 cm³/mol. The van der Waals surface area contributed by atoms with Crippen LogP contribution in [-0.4, -0.2) is 10.2 Å². The van der Waals surface area contributed by atoms with Gasteiger partial charge in [-0.3, -0.25) is 0 Å². The number of phenols is 2. The fourth-order valence-corrected chi connectivity index (χ4v) is 3.15. The average molecular weight is 319 g/mol. The molecule has 0 fully saturated rings. The van der Waals surface area contributed by atoms with E-state index in [0.717, 1.165) is 52.4 Å². The summed E-state index contributed by atoms with van der Waals surface area (Å²) in [6.45, 7) is 0. The molecule has 0 saturated carbocycles. The molecule has 2 nitrogen and oxygen atoms in total. The molecule has 0 aromatic heterocycles. The van der Waals surface area contributed by atoms with E-state index in [4.69, 9.17) is 0 Å². The fraction of sp³-hybridized carbons (Fsp3) is 0.250. The van der Waals surface area contributed by atoms with Gasteiger partial charge in [0.2, 0.25) is 0 Å². The normalized spacial score (nSPS) is 14.2. The second kappa shape index (κ2) is 4.89. The summed E-state index contributed by atoms with van der Waals surface area (Å²) in [5, 5.41) is 20.1. The summed E-state index contributed by atoms with van der Waals surface area (Å²) in [7, 11) is 0. The molecule has 0 heterocycles. The Morgan fingerprint density at radius 3 is 2.21 bits per heavy atom. The molecule has 0 atom stereocenters. The maximum Gasteiger partial charge on any atom is 0.119 e. The van der Waals surface area contributed by atoms with Crippen LogP contribution < -0.4 is 0 Å². The van der Waals surface area contributed by atoms with Crippen LogP contribution in [0.4, 0.5) is 0 Å². The van der Waals surface area contributed by atoms with Gasteiger partial charge in [-0.15, -0.1) is 0 Å². The summed E-state index contributed by atoms with van der Waals surface area (Å²) in [6.07, 6.45) is 3.14. The minimum atomic E-state index is 0.373. The summed E-state index contributed by atoms with van der Waals surface area (Å²) < 4.78 is 1.04. The summed E-state index contributed by atoms with van der Waals surface area (Å²) in [5.74, 6) is 0.755. The van der Waals surface area contributed by atoms with E-state index in [0.29, 0.717) is 11.5 Å². The van der Waals surface area contributed by atoms with E-state index in [2.05, 4.69) is 22.0 Å². The van der Waals surface area contributed by atoms with Crippen LogP contribution in [0.5, 0.6) is 11.5 Å². The van der Waals surface area contributed by atoms with Gasteiger partial charge in [0, 0.05) is 4.47 Å². The third kappa shape index (κ3) is 2.47. The first-order valence-electron chi connectivity index (χ1n) is 6.44. The van der Waals surface area contributed by atoms with Gasteiger partial charge in [0.25, 0.3) is 0 Å². The van der Waals surface area contributed by atoms with Crippen LogP contribution in [0.2, 0.25) is 0 Å². The van der Waals surface area contributed by atoms with Gasteiger partial charge in [-0.2, -0.15) is 0 Å². The van der Waals surface area contributed by atoms with Gasteiger partial charge in [0.1, 0.15) is 11.5 Å². The number of halogens is 1. The van der Waals surface area contributed by atoms with Crippen molar-refractivity contribution in [2.75, 3.05) is 0 Å². The number of aryl methyl sites for hydroxylation is 4. The lowest BCUT2D eigenvalue weighted by molar-refractivity contribution is 0.463. The molecule has 98 valence electrons. The second-order valence-electron chi connectivity index (χ2n) is 5.04. The molecule has 0 radical (unpaired) electrons. The van der Waals surface area contributed by atoms with Crippen molar-refractivity contribution >= 4 is 15.9 Å². The van der Waals surface area contributed by atoms with Gasteiger partial charge in [0.05, 0.1) is 0 Å². The molecular formula is C16H15BrO2. The zero-order chi connectivity index (χ0) is 13.4. The van der Waals surface area contributed by atoms with E-state index in [-0.39, 0.29) is 0 Å². The third-order valence-electron chi connectivity index (χ3n) is 3.74. The number of hydrogen-bond donors (Lipinski definition) is 2. The molecule has 0 amide bonds. The molecule has 4 aliphatic rings. The van der Waals surface area contributed by atoms with Crippen molar-refractivity contribution in [3.8, 4) is 11.5 Å². The number of hydrogen-bond acceptors (Lipinski definition) is 2. The number of aromatic hydroxyl groups is 2. The van der Waals surface area contributed by atoms with Crippen molar-refractivity contribution in [3.05, 3.63) is 57.1 Å². The summed E-state index contributed by atoms with van der Waals surface area (Å²) in [6, 6.07) is 9.76. The largest absolute Gasteiger partial charge is 0.508 e. The van der Waals surface area contributed by atoms with E-state index in [9.17, 15) is 10.2 Å². The molecule has 19 heavy (non-hydrogen) atoms. The Hall–Kier alpha value is -1.48. The predicted octanol–water partition coefficient (Wildman–Crippen LogP) is 3.74. The monoisotopic (exact) mass is 318 g/mol. The van der Waals surface area contributed by atoms with Crippen LogP contribution in [0, 0.1) is 0 Å². The quantitative estimate of drug-likeness (QED) is 0.776. The van der Waals surface area contributed by atoms with Crippen molar-refractivity contribution < 1.29 is 10.2 Å². The van der Waals surface area contributed by atoms with Gasteiger partial charge in [-0.25, -0.2) is 0 Å². The Kier molecular flexibility index (Phi) is 3.23. The third-order valence-corrected chi connectivity index (χ3v) is 4.48. The smallest absolute Gasteiger partial charge is 0.119 e. The molecule has 4 bridgehead atoms. The molecule has 2 aromatic rings. The molecule has 3 heteroatoms. The molecule has 0 spiro atoms. The van der Waals surface area contributed by atoms with E-state index >= 15 is 0 Å². The van der Waals surface area contributed by atoms with Gasteiger partial charge in [-0.1, -0.05) is 28.1 Å². The van der Waals surface area contributed by atoms with Gasteiger partial charge < -0.3 is 10.2 Å². The van der Waals surface area contributed by atoms with Crippen molar-refractivity contribution in [2.24, 2.45) is 0 Å². The highest BCUT2D eigenvalue weighted by atomic mass is 79.9. The van der Waals surface area contributed by atoms with Crippen molar-refractivity contribution in [3.63, 3.8) is 0 Å². The van der Waals surface area contributed by atoms with Gasteiger partial charge in [-0.05, 0) is 66.1 Å².